The normalized spacial score (nSPS) is 11.5. The Morgan fingerprint density at radius 2 is 1.31 bits per heavy atom. The van der Waals surface area contributed by atoms with Crippen LogP contribution < -0.4 is 5.32 Å². The fourth-order valence-corrected chi connectivity index (χ4v) is 3.18. The molecule has 0 aliphatic rings. The van der Waals surface area contributed by atoms with Gasteiger partial charge in [0, 0.05) is 0 Å². The monoisotopic (exact) mass is 409 g/mol. The van der Waals surface area contributed by atoms with Crippen molar-refractivity contribution in [3.63, 3.8) is 0 Å². The molecule has 1 atom stereocenters. The maximum Gasteiger partial charge on any atom is 0.408 e. The van der Waals surface area contributed by atoms with E-state index in [1.165, 1.54) is 51.4 Å². The number of amides is 1. The summed E-state index contributed by atoms with van der Waals surface area (Å²) < 4.78 is 10.2. The number of terminal acetylenes is 1. The molecule has 5 heteroatoms. The van der Waals surface area contributed by atoms with Crippen molar-refractivity contribution in [2.24, 2.45) is 0 Å². The number of alkyl carbamates (subject to hydrolysis) is 1. The van der Waals surface area contributed by atoms with E-state index in [1.807, 2.05) is 0 Å². The first-order valence-corrected chi connectivity index (χ1v) is 11.7. The molecule has 1 amide bonds. The molecule has 5 nitrogen and oxygen atoms in total. The summed E-state index contributed by atoms with van der Waals surface area (Å²) >= 11 is 0. The van der Waals surface area contributed by atoms with Crippen LogP contribution in [0.25, 0.3) is 0 Å². The van der Waals surface area contributed by atoms with Crippen LogP contribution in [0.4, 0.5) is 4.79 Å². The molecule has 1 unspecified atom stereocenters. The minimum atomic E-state index is -0.667. The number of nitrogens with one attached hydrogen (secondary N) is 1. The fraction of sp³-hybridized carbons (Fsp3) is 0.833. The van der Waals surface area contributed by atoms with Crippen LogP contribution in [0.1, 0.15) is 110 Å². The summed E-state index contributed by atoms with van der Waals surface area (Å²) in [5.41, 5.74) is 0. The second-order valence-electron chi connectivity index (χ2n) is 7.68. The fourth-order valence-electron chi connectivity index (χ4n) is 3.18. The average Bonchev–Trinajstić information content (AvgIpc) is 2.72. The van der Waals surface area contributed by atoms with Crippen LogP contribution >= 0.6 is 0 Å². The molecule has 29 heavy (non-hydrogen) atoms. The van der Waals surface area contributed by atoms with Gasteiger partial charge in [0.05, 0.1) is 6.61 Å². The Labute approximate surface area is 178 Å². The molecule has 0 aliphatic carbocycles. The van der Waals surface area contributed by atoms with Crippen LogP contribution in [0.15, 0.2) is 0 Å². The number of hydrogen-bond donors (Lipinski definition) is 1. The summed E-state index contributed by atoms with van der Waals surface area (Å²) in [5, 5.41) is 2.59. The topological polar surface area (TPSA) is 64.6 Å². The molecule has 0 aromatic rings. The molecule has 0 aromatic carbocycles. The number of unbranched alkanes of at least 4 members (excludes halogenated alkanes) is 12. The third-order valence-corrected chi connectivity index (χ3v) is 4.95. The van der Waals surface area contributed by atoms with Crippen molar-refractivity contribution >= 4 is 12.1 Å². The number of esters is 1. The third-order valence-electron chi connectivity index (χ3n) is 4.95. The molecule has 1 N–H and O–H groups in total. The molecule has 0 rings (SSSR count). The number of hydrogen-bond acceptors (Lipinski definition) is 4. The van der Waals surface area contributed by atoms with Gasteiger partial charge in [0.25, 0.3) is 0 Å². The van der Waals surface area contributed by atoms with Crippen LogP contribution in [-0.4, -0.2) is 31.3 Å². The van der Waals surface area contributed by atoms with Crippen LogP contribution in [0.2, 0.25) is 0 Å². The van der Waals surface area contributed by atoms with E-state index in [4.69, 9.17) is 15.9 Å². The number of ether oxygens (including phenoxy) is 2. The molecule has 0 bridgehead atoms. The van der Waals surface area contributed by atoms with Crippen molar-refractivity contribution in [2.75, 3.05) is 13.2 Å². The lowest BCUT2D eigenvalue weighted by Crippen LogP contribution is -2.42. The van der Waals surface area contributed by atoms with Gasteiger partial charge >= 0.3 is 12.1 Å². The minimum Gasteiger partial charge on any atom is -0.464 e. The van der Waals surface area contributed by atoms with Crippen molar-refractivity contribution in [2.45, 2.75) is 116 Å². The zero-order chi connectivity index (χ0) is 21.6. The van der Waals surface area contributed by atoms with Crippen LogP contribution in [0, 0.1) is 12.3 Å². The highest BCUT2D eigenvalue weighted by atomic mass is 16.6. The second-order valence-corrected chi connectivity index (χ2v) is 7.68. The molecule has 0 spiro atoms. The van der Waals surface area contributed by atoms with Gasteiger partial charge in [0.15, 0.2) is 6.61 Å². The van der Waals surface area contributed by atoms with E-state index in [1.54, 1.807) is 0 Å². The zero-order valence-corrected chi connectivity index (χ0v) is 18.8. The molecule has 0 aliphatic heterocycles. The van der Waals surface area contributed by atoms with E-state index >= 15 is 0 Å². The van der Waals surface area contributed by atoms with Gasteiger partial charge in [-0.2, -0.15) is 0 Å². The van der Waals surface area contributed by atoms with E-state index in [2.05, 4.69) is 25.1 Å². The molecular weight excluding hydrogens is 366 g/mol. The summed E-state index contributed by atoms with van der Waals surface area (Å²) in [6.45, 7) is 4.67. The predicted octanol–water partition coefficient (Wildman–Crippen LogP) is 6.15. The van der Waals surface area contributed by atoms with Gasteiger partial charge in [-0.25, -0.2) is 9.59 Å². The first-order chi connectivity index (χ1) is 14.2. The standard InChI is InChI=1S/C24H43NO4/c1-4-7-9-11-12-13-14-15-16-18-21-28-23(26)22(19-17-10-8-5-2)25-24(27)29-20-6-3/h3,22H,4-5,7-21H2,1-2H3,(H,25,27). The van der Waals surface area contributed by atoms with Gasteiger partial charge in [0.1, 0.15) is 6.04 Å². The molecule has 0 aromatic heterocycles. The molecule has 0 heterocycles. The van der Waals surface area contributed by atoms with Crippen molar-refractivity contribution in [1.82, 2.24) is 5.32 Å². The lowest BCUT2D eigenvalue weighted by Gasteiger charge is -2.17. The smallest absolute Gasteiger partial charge is 0.408 e. The Kier molecular flexibility index (Phi) is 19.8. The van der Waals surface area contributed by atoms with Gasteiger partial charge in [-0.15, -0.1) is 6.42 Å². The number of carbonyl (C=O) groups excluding carboxylic acids is 2. The molecule has 168 valence electrons. The summed E-state index contributed by atoms with van der Waals surface area (Å²) in [5.74, 6) is 1.86. The van der Waals surface area contributed by atoms with E-state index < -0.39 is 12.1 Å². The van der Waals surface area contributed by atoms with Gasteiger partial charge < -0.3 is 14.8 Å². The maximum atomic E-state index is 12.3. The van der Waals surface area contributed by atoms with Gasteiger partial charge in [0.2, 0.25) is 0 Å². The summed E-state index contributed by atoms with van der Waals surface area (Å²) in [6, 6.07) is -0.666. The van der Waals surface area contributed by atoms with Crippen molar-refractivity contribution < 1.29 is 19.1 Å². The Morgan fingerprint density at radius 3 is 1.86 bits per heavy atom. The SMILES string of the molecule is C#CCOC(=O)NC(CCCCCC)C(=O)OCCCCCCCCCCCC. The Hall–Kier alpha value is -1.70. The second kappa shape index (κ2) is 21.0. The third kappa shape index (κ3) is 18.1. The summed E-state index contributed by atoms with van der Waals surface area (Å²) in [6.07, 6.45) is 21.4. The lowest BCUT2D eigenvalue weighted by molar-refractivity contribution is -0.146. The quantitative estimate of drug-likeness (QED) is 0.158. The van der Waals surface area contributed by atoms with Crippen LogP contribution in [0.5, 0.6) is 0 Å². The number of rotatable bonds is 19. The Morgan fingerprint density at radius 1 is 0.793 bits per heavy atom. The summed E-state index contributed by atoms with van der Waals surface area (Å²) in [7, 11) is 0. The average molecular weight is 410 g/mol. The van der Waals surface area contributed by atoms with Gasteiger partial charge in [-0.05, 0) is 12.8 Å². The van der Waals surface area contributed by atoms with Crippen molar-refractivity contribution in [1.29, 1.82) is 0 Å². The van der Waals surface area contributed by atoms with E-state index in [9.17, 15) is 9.59 Å². The van der Waals surface area contributed by atoms with Crippen LogP contribution in [0.3, 0.4) is 0 Å². The highest BCUT2D eigenvalue weighted by Crippen LogP contribution is 2.11. The van der Waals surface area contributed by atoms with Gasteiger partial charge in [-0.3, -0.25) is 0 Å². The zero-order valence-electron chi connectivity index (χ0n) is 18.8. The highest BCUT2D eigenvalue weighted by molar-refractivity contribution is 5.81. The summed E-state index contributed by atoms with van der Waals surface area (Å²) in [4.78, 5) is 24.1. The molecular formula is C24H43NO4. The first-order valence-electron chi connectivity index (χ1n) is 11.7. The van der Waals surface area contributed by atoms with E-state index in [0.29, 0.717) is 13.0 Å². The highest BCUT2D eigenvalue weighted by Gasteiger charge is 2.22. The minimum absolute atomic E-state index is 0.109. The molecule has 0 radical (unpaired) electrons. The van der Waals surface area contributed by atoms with E-state index in [0.717, 1.165) is 38.5 Å². The predicted molar refractivity (Wildman–Crippen MR) is 119 cm³/mol. The first kappa shape index (κ1) is 27.3. The maximum absolute atomic E-state index is 12.3. The largest absolute Gasteiger partial charge is 0.464 e. The van der Waals surface area contributed by atoms with Crippen LogP contribution in [-0.2, 0) is 14.3 Å². The van der Waals surface area contributed by atoms with Crippen molar-refractivity contribution in [3.05, 3.63) is 0 Å². The lowest BCUT2D eigenvalue weighted by atomic mass is 10.1. The molecule has 0 fully saturated rings. The molecule has 0 saturated carbocycles. The number of carbonyl (C=O) groups is 2. The molecule has 0 saturated heterocycles. The van der Waals surface area contributed by atoms with Gasteiger partial charge in [-0.1, -0.05) is 103 Å². The Balaban J connectivity index is 3.96. The van der Waals surface area contributed by atoms with E-state index in [-0.39, 0.29) is 12.6 Å². The van der Waals surface area contributed by atoms with Crippen molar-refractivity contribution in [3.8, 4) is 12.3 Å². The Bertz CT molecular complexity index is 445.